The third kappa shape index (κ3) is 3.49. The normalized spacial score (nSPS) is 11.2. The van der Waals surface area contributed by atoms with Crippen molar-refractivity contribution >= 4 is 28.0 Å². The lowest BCUT2D eigenvalue weighted by Crippen LogP contribution is -2.08. The number of benzene rings is 2. The van der Waals surface area contributed by atoms with Crippen LogP contribution < -0.4 is 5.63 Å². The van der Waals surface area contributed by atoms with Crippen LogP contribution in [0.2, 0.25) is 0 Å². The van der Waals surface area contributed by atoms with E-state index in [9.17, 15) is 9.59 Å². The number of aryl methyl sites for hydroxylation is 4. The maximum Gasteiger partial charge on any atom is 0.338 e. The number of rotatable bonds is 3. The Morgan fingerprint density at radius 1 is 0.966 bits per heavy atom. The molecular weight excluding hydrogens is 368 g/mol. The second-order valence-corrected chi connectivity index (χ2v) is 7.15. The maximum atomic E-state index is 12.6. The average molecular weight is 388 g/mol. The molecule has 0 fully saturated rings. The number of esters is 1. The molecule has 4 aromatic rings. The number of carbonyl (C=O) groups is 1. The van der Waals surface area contributed by atoms with Crippen molar-refractivity contribution < 1.29 is 13.9 Å². The van der Waals surface area contributed by atoms with Crippen LogP contribution in [0.3, 0.4) is 0 Å². The molecule has 0 unspecified atom stereocenters. The SMILES string of the molecule is Cc1ccc2c(COC(=O)c3ccc4nc(C)c(C)nc4c3)cc(=O)oc2c1C. The average Bonchev–Trinajstić information content (AvgIpc) is 2.69. The zero-order valence-electron chi connectivity index (χ0n) is 16.7. The second-order valence-electron chi connectivity index (χ2n) is 7.15. The number of aromatic nitrogens is 2. The lowest BCUT2D eigenvalue weighted by atomic mass is 10.0. The van der Waals surface area contributed by atoms with Gasteiger partial charge in [0.05, 0.1) is 28.0 Å². The molecule has 4 rings (SSSR count). The smallest absolute Gasteiger partial charge is 0.338 e. The molecule has 0 aliphatic rings. The highest BCUT2D eigenvalue weighted by molar-refractivity contribution is 5.93. The fourth-order valence-electron chi connectivity index (χ4n) is 3.23. The number of hydrogen-bond acceptors (Lipinski definition) is 6. The van der Waals surface area contributed by atoms with Gasteiger partial charge in [-0.1, -0.05) is 12.1 Å². The largest absolute Gasteiger partial charge is 0.457 e. The van der Waals surface area contributed by atoms with Crippen LogP contribution in [-0.4, -0.2) is 15.9 Å². The third-order valence-corrected chi connectivity index (χ3v) is 5.19. The zero-order chi connectivity index (χ0) is 20.7. The van der Waals surface area contributed by atoms with E-state index in [2.05, 4.69) is 9.97 Å². The summed E-state index contributed by atoms with van der Waals surface area (Å²) in [4.78, 5) is 33.5. The maximum absolute atomic E-state index is 12.6. The number of fused-ring (bicyclic) bond motifs is 2. The molecule has 0 atom stereocenters. The first-order chi connectivity index (χ1) is 13.8. The predicted octanol–water partition coefficient (Wildman–Crippen LogP) is 4.33. The molecule has 2 heterocycles. The first kappa shape index (κ1) is 18.8. The molecule has 0 saturated heterocycles. The zero-order valence-corrected chi connectivity index (χ0v) is 16.7. The van der Waals surface area contributed by atoms with Crippen LogP contribution in [0.5, 0.6) is 0 Å². The van der Waals surface area contributed by atoms with Gasteiger partial charge < -0.3 is 9.15 Å². The summed E-state index contributed by atoms with van der Waals surface area (Å²) in [5.41, 5.74) is 6.00. The first-order valence-electron chi connectivity index (χ1n) is 9.28. The standard InChI is InChI=1S/C23H20N2O4/c1-12-5-7-18-17(10-21(26)29-22(18)13(12)2)11-28-23(27)16-6-8-19-20(9-16)25-15(4)14(3)24-19/h5-10H,11H2,1-4H3. The van der Waals surface area contributed by atoms with Gasteiger partial charge in [-0.2, -0.15) is 0 Å². The van der Waals surface area contributed by atoms with Gasteiger partial charge in [0.25, 0.3) is 0 Å². The lowest BCUT2D eigenvalue weighted by Gasteiger charge is -2.10. The van der Waals surface area contributed by atoms with Gasteiger partial charge in [-0.15, -0.1) is 0 Å². The molecule has 0 bridgehead atoms. The minimum absolute atomic E-state index is 0.0277. The van der Waals surface area contributed by atoms with Crippen LogP contribution >= 0.6 is 0 Å². The van der Waals surface area contributed by atoms with Gasteiger partial charge in [0, 0.05) is 17.0 Å². The van der Waals surface area contributed by atoms with Crippen molar-refractivity contribution in [1.29, 1.82) is 0 Å². The van der Waals surface area contributed by atoms with E-state index in [0.29, 0.717) is 22.2 Å². The molecular formula is C23H20N2O4. The molecule has 0 N–H and O–H groups in total. The predicted molar refractivity (Wildman–Crippen MR) is 110 cm³/mol. The molecule has 0 saturated carbocycles. The summed E-state index contributed by atoms with van der Waals surface area (Å²) in [6.45, 7) is 7.60. The number of carbonyl (C=O) groups excluding carboxylic acids is 1. The Morgan fingerprint density at radius 2 is 1.69 bits per heavy atom. The van der Waals surface area contributed by atoms with Crippen LogP contribution in [0.15, 0.2) is 45.6 Å². The highest BCUT2D eigenvalue weighted by Gasteiger charge is 2.14. The van der Waals surface area contributed by atoms with Gasteiger partial charge in [-0.25, -0.2) is 19.6 Å². The van der Waals surface area contributed by atoms with Crippen LogP contribution in [0.25, 0.3) is 22.0 Å². The van der Waals surface area contributed by atoms with Crippen LogP contribution in [0, 0.1) is 27.7 Å². The molecule has 146 valence electrons. The highest BCUT2D eigenvalue weighted by Crippen LogP contribution is 2.24. The van der Waals surface area contributed by atoms with Gasteiger partial charge in [0.1, 0.15) is 12.2 Å². The Bertz CT molecular complexity index is 1340. The van der Waals surface area contributed by atoms with Gasteiger partial charge in [0.2, 0.25) is 0 Å². The molecule has 0 spiro atoms. The van der Waals surface area contributed by atoms with E-state index in [1.54, 1.807) is 18.2 Å². The van der Waals surface area contributed by atoms with Crippen LogP contribution in [0.1, 0.15) is 38.4 Å². The quantitative estimate of drug-likeness (QED) is 0.384. The first-order valence-corrected chi connectivity index (χ1v) is 9.28. The number of ether oxygens (including phenoxy) is 1. The molecule has 29 heavy (non-hydrogen) atoms. The van der Waals surface area contributed by atoms with E-state index in [1.165, 1.54) is 6.07 Å². The van der Waals surface area contributed by atoms with E-state index in [1.807, 2.05) is 39.8 Å². The molecule has 0 aliphatic heterocycles. The highest BCUT2D eigenvalue weighted by atomic mass is 16.5. The van der Waals surface area contributed by atoms with E-state index >= 15 is 0 Å². The fraction of sp³-hybridized carbons (Fsp3) is 0.217. The van der Waals surface area contributed by atoms with E-state index < -0.39 is 11.6 Å². The molecule has 0 aliphatic carbocycles. The minimum Gasteiger partial charge on any atom is -0.457 e. The van der Waals surface area contributed by atoms with E-state index in [0.717, 1.165) is 33.4 Å². The summed E-state index contributed by atoms with van der Waals surface area (Å²) >= 11 is 0. The van der Waals surface area contributed by atoms with Crippen molar-refractivity contribution in [3.8, 4) is 0 Å². The summed E-state index contributed by atoms with van der Waals surface area (Å²) in [6.07, 6.45) is 0. The van der Waals surface area contributed by atoms with Crippen molar-refractivity contribution in [2.45, 2.75) is 34.3 Å². The lowest BCUT2D eigenvalue weighted by molar-refractivity contribution is 0.0474. The van der Waals surface area contributed by atoms with Crippen LogP contribution in [-0.2, 0) is 11.3 Å². The molecule has 6 nitrogen and oxygen atoms in total. The summed E-state index contributed by atoms with van der Waals surface area (Å²) in [6, 6.07) is 10.3. The van der Waals surface area contributed by atoms with Crippen molar-refractivity contribution in [2.75, 3.05) is 0 Å². The molecule has 6 heteroatoms. The molecule has 2 aromatic carbocycles. The van der Waals surface area contributed by atoms with Gasteiger partial charge in [0.15, 0.2) is 0 Å². The summed E-state index contributed by atoms with van der Waals surface area (Å²) < 4.78 is 10.8. The topological polar surface area (TPSA) is 82.3 Å². The second kappa shape index (κ2) is 7.13. The minimum atomic E-state index is -0.489. The molecule has 0 radical (unpaired) electrons. The Labute approximate surface area is 167 Å². The van der Waals surface area contributed by atoms with Crippen molar-refractivity contribution in [1.82, 2.24) is 9.97 Å². The van der Waals surface area contributed by atoms with Crippen molar-refractivity contribution in [3.63, 3.8) is 0 Å². The fourth-order valence-corrected chi connectivity index (χ4v) is 3.23. The Kier molecular flexibility index (Phi) is 4.62. The molecule has 0 amide bonds. The van der Waals surface area contributed by atoms with Gasteiger partial charge >= 0.3 is 11.6 Å². The van der Waals surface area contributed by atoms with Gasteiger partial charge in [-0.3, -0.25) is 0 Å². The summed E-state index contributed by atoms with van der Waals surface area (Å²) in [5.74, 6) is -0.489. The van der Waals surface area contributed by atoms with Crippen molar-refractivity contribution in [3.05, 3.63) is 80.5 Å². The van der Waals surface area contributed by atoms with E-state index in [4.69, 9.17) is 9.15 Å². The Morgan fingerprint density at radius 3 is 2.45 bits per heavy atom. The van der Waals surface area contributed by atoms with Crippen molar-refractivity contribution in [2.24, 2.45) is 0 Å². The third-order valence-electron chi connectivity index (χ3n) is 5.19. The van der Waals surface area contributed by atoms with E-state index in [-0.39, 0.29) is 6.61 Å². The Hall–Kier alpha value is -3.54. The number of hydrogen-bond donors (Lipinski definition) is 0. The monoisotopic (exact) mass is 388 g/mol. The van der Waals surface area contributed by atoms with Gasteiger partial charge in [-0.05, 0) is 57.0 Å². The summed E-state index contributed by atoms with van der Waals surface area (Å²) in [5, 5.41) is 0.760. The number of nitrogens with zero attached hydrogens (tertiary/aromatic N) is 2. The molecule has 2 aromatic heterocycles. The van der Waals surface area contributed by atoms with Crippen LogP contribution in [0.4, 0.5) is 0 Å². The Balaban J connectivity index is 1.63. The summed E-state index contributed by atoms with van der Waals surface area (Å²) in [7, 11) is 0.